The fourth-order valence-electron chi connectivity index (χ4n) is 1.96. The van der Waals surface area contributed by atoms with Crippen LogP contribution < -0.4 is 0 Å². The number of hydrogen-bond acceptors (Lipinski definition) is 3. The maximum absolute atomic E-state index is 11.2. The highest BCUT2D eigenvalue weighted by atomic mass is 16.6. The van der Waals surface area contributed by atoms with E-state index < -0.39 is 0 Å². The summed E-state index contributed by atoms with van der Waals surface area (Å²) in [6.07, 6.45) is 0.352. The molecule has 3 heteroatoms. The number of ether oxygens (including phenoxy) is 2. The Morgan fingerprint density at radius 1 is 1.35 bits per heavy atom. The van der Waals surface area contributed by atoms with Crippen molar-refractivity contribution in [1.82, 2.24) is 0 Å². The van der Waals surface area contributed by atoms with Crippen LogP contribution in [-0.2, 0) is 20.9 Å². The molecule has 3 nitrogen and oxygen atoms in total. The van der Waals surface area contributed by atoms with Crippen LogP contribution in [0.4, 0.5) is 0 Å². The maximum Gasteiger partial charge on any atom is 0.306 e. The summed E-state index contributed by atoms with van der Waals surface area (Å²) in [6, 6.07) is 9.99. The SMILES string of the molecule is CC1(C)CC(=O)OC1COCc1ccccc1. The molecule has 0 radical (unpaired) electrons. The first-order chi connectivity index (χ1) is 8.08. The average molecular weight is 234 g/mol. The number of rotatable bonds is 4. The molecular formula is C14H18O3. The first-order valence-electron chi connectivity index (χ1n) is 5.89. The third kappa shape index (κ3) is 3.07. The summed E-state index contributed by atoms with van der Waals surface area (Å²) in [5.41, 5.74) is 1.02. The van der Waals surface area contributed by atoms with E-state index in [9.17, 15) is 4.79 Å². The Morgan fingerprint density at radius 2 is 2.06 bits per heavy atom. The molecule has 0 bridgehead atoms. The van der Waals surface area contributed by atoms with Gasteiger partial charge in [-0.25, -0.2) is 0 Å². The van der Waals surface area contributed by atoms with E-state index in [1.165, 1.54) is 0 Å². The minimum Gasteiger partial charge on any atom is -0.459 e. The van der Waals surface area contributed by atoms with Crippen LogP contribution in [0.2, 0.25) is 0 Å². The van der Waals surface area contributed by atoms with Crippen LogP contribution in [0.25, 0.3) is 0 Å². The normalized spacial score (nSPS) is 22.5. The Bertz CT molecular complexity index is 384. The van der Waals surface area contributed by atoms with Crippen molar-refractivity contribution in [2.75, 3.05) is 6.61 Å². The zero-order valence-electron chi connectivity index (χ0n) is 10.3. The van der Waals surface area contributed by atoms with Gasteiger partial charge in [-0.05, 0) is 5.56 Å². The van der Waals surface area contributed by atoms with Crippen LogP contribution in [0, 0.1) is 5.41 Å². The van der Waals surface area contributed by atoms with Gasteiger partial charge in [-0.2, -0.15) is 0 Å². The van der Waals surface area contributed by atoms with Crippen molar-refractivity contribution in [3.8, 4) is 0 Å². The standard InChI is InChI=1S/C14H18O3/c1-14(2)8-13(15)17-12(14)10-16-9-11-6-4-3-5-7-11/h3-7,12H,8-10H2,1-2H3. The fourth-order valence-corrected chi connectivity index (χ4v) is 1.96. The van der Waals surface area contributed by atoms with Crippen LogP contribution >= 0.6 is 0 Å². The quantitative estimate of drug-likeness (QED) is 0.751. The summed E-state index contributed by atoms with van der Waals surface area (Å²) in [7, 11) is 0. The summed E-state index contributed by atoms with van der Waals surface area (Å²) in [5, 5.41) is 0. The molecule has 92 valence electrons. The average Bonchev–Trinajstić information content (AvgIpc) is 2.53. The van der Waals surface area contributed by atoms with Gasteiger partial charge in [-0.15, -0.1) is 0 Å². The van der Waals surface area contributed by atoms with Gasteiger partial charge in [0.25, 0.3) is 0 Å². The summed E-state index contributed by atoms with van der Waals surface area (Å²) < 4.78 is 10.9. The second-order valence-corrected chi connectivity index (χ2v) is 5.14. The van der Waals surface area contributed by atoms with Crippen LogP contribution in [-0.4, -0.2) is 18.7 Å². The van der Waals surface area contributed by atoms with Gasteiger partial charge in [0, 0.05) is 5.41 Å². The Kier molecular flexibility index (Phi) is 3.48. The summed E-state index contributed by atoms with van der Waals surface area (Å²) in [5.74, 6) is -0.122. The minimum absolute atomic E-state index is 0.117. The first-order valence-corrected chi connectivity index (χ1v) is 5.89. The summed E-state index contributed by atoms with van der Waals surface area (Å²) in [6.45, 7) is 5.10. The van der Waals surface area contributed by atoms with Crippen molar-refractivity contribution in [3.63, 3.8) is 0 Å². The van der Waals surface area contributed by atoms with E-state index in [-0.39, 0.29) is 17.5 Å². The smallest absolute Gasteiger partial charge is 0.306 e. The zero-order valence-corrected chi connectivity index (χ0v) is 10.3. The lowest BCUT2D eigenvalue weighted by atomic mass is 9.86. The van der Waals surface area contributed by atoms with Gasteiger partial charge in [0.05, 0.1) is 19.6 Å². The van der Waals surface area contributed by atoms with E-state index in [4.69, 9.17) is 9.47 Å². The first kappa shape index (κ1) is 12.1. The molecule has 1 atom stereocenters. The Morgan fingerprint density at radius 3 is 2.65 bits per heavy atom. The lowest BCUT2D eigenvalue weighted by Crippen LogP contribution is -2.29. The van der Waals surface area contributed by atoms with Gasteiger partial charge in [-0.3, -0.25) is 4.79 Å². The molecule has 0 aromatic heterocycles. The fraction of sp³-hybridized carbons (Fsp3) is 0.500. The molecule has 1 fully saturated rings. The number of carbonyl (C=O) groups is 1. The largest absolute Gasteiger partial charge is 0.459 e. The van der Waals surface area contributed by atoms with E-state index >= 15 is 0 Å². The summed E-state index contributed by atoms with van der Waals surface area (Å²) >= 11 is 0. The molecule has 1 aliphatic rings. The predicted molar refractivity (Wildman–Crippen MR) is 64.4 cm³/mol. The van der Waals surface area contributed by atoms with Gasteiger partial charge >= 0.3 is 5.97 Å². The number of benzene rings is 1. The van der Waals surface area contributed by atoms with E-state index in [0.717, 1.165) is 5.56 Å². The molecule has 0 saturated carbocycles. The third-order valence-corrected chi connectivity index (χ3v) is 3.13. The van der Waals surface area contributed by atoms with Crippen LogP contribution in [0.5, 0.6) is 0 Å². The Labute approximate surface area is 102 Å². The molecule has 0 N–H and O–H groups in total. The third-order valence-electron chi connectivity index (χ3n) is 3.13. The molecule has 1 aromatic rings. The van der Waals surface area contributed by atoms with Crippen molar-refractivity contribution in [2.24, 2.45) is 5.41 Å². The lowest BCUT2D eigenvalue weighted by molar-refractivity contribution is -0.144. The zero-order chi connectivity index (χ0) is 12.3. The van der Waals surface area contributed by atoms with Crippen molar-refractivity contribution in [1.29, 1.82) is 0 Å². The number of cyclic esters (lactones) is 1. The molecule has 0 amide bonds. The highest BCUT2D eigenvalue weighted by Gasteiger charge is 2.41. The molecule has 1 aliphatic heterocycles. The van der Waals surface area contributed by atoms with Gasteiger partial charge in [-0.1, -0.05) is 44.2 Å². The van der Waals surface area contributed by atoms with E-state index in [1.54, 1.807) is 0 Å². The molecule has 17 heavy (non-hydrogen) atoms. The van der Waals surface area contributed by atoms with Crippen LogP contribution in [0.15, 0.2) is 30.3 Å². The molecule has 2 rings (SSSR count). The Balaban J connectivity index is 1.81. The molecule has 0 spiro atoms. The van der Waals surface area contributed by atoms with Crippen molar-refractivity contribution in [2.45, 2.75) is 33.0 Å². The van der Waals surface area contributed by atoms with Crippen LogP contribution in [0.3, 0.4) is 0 Å². The maximum atomic E-state index is 11.2. The number of hydrogen-bond donors (Lipinski definition) is 0. The van der Waals surface area contributed by atoms with E-state index in [0.29, 0.717) is 19.6 Å². The van der Waals surface area contributed by atoms with Gasteiger partial charge in [0.15, 0.2) is 0 Å². The highest BCUT2D eigenvalue weighted by molar-refractivity contribution is 5.72. The second kappa shape index (κ2) is 4.88. The molecular weight excluding hydrogens is 216 g/mol. The number of carbonyl (C=O) groups excluding carboxylic acids is 1. The van der Waals surface area contributed by atoms with Gasteiger partial charge in [0.2, 0.25) is 0 Å². The highest BCUT2D eigenvalue weighted by Crippen LogP contribution is 2.34. The lowest BCUT2D eigenvalue weighted by Gasteiger charge is -2.23. The molecule has 1 aromatic carbocycles. The van der Waals surface area contributed by atoms with Gasteiger partial charge in [0.1, 0.15) is 6.10 Å². The van der Waals surface area contributed by atoms with Crippen molar-refractivity contribution in [3.05, 3.63) is 35.9 Å². The van der Waals surface area contributed by atoms with Crippen LogP contribution in [0.1, 0.15) is 25.8 Å². The van der Waals surface area contributed by atoms with Gasteiger partial charge < -0.3 is 9.47 Å². The number of esters is 1. The molecule has 1 heterocycles. The molecule has 0 aliphatic carbocycles. The van der Waals surface area contributed by atoms with Crippen molar-refractivity contribution >= 4 is 5.97 Å². The predicted octanol–water partition coefficient (Wildman–Crippen LogP) is 2.54. The monoisotopic (exact) mass is 234 g/mol. The molecule has 1 saturated heterocycles. The topological polar surface area (TPSA) is 35.5 Å². The summed E-state index contributed by atoms with van der Waals surface area (Å²) in [4.78, 5) is 11.2. The molecule has 1 unspecified atom stereocenters. The Hall–Kier alpha value is -1.35. The van der Waals surface area contributed by atoms with E-state index in [2.05, 4.69) is 0 Å². The minimum atomic E-state index is -0.126. The van der Waals surface area contributed by atoms with E-state index in [1.807, 2.05) is 44.2 Å². The second-order valence-electron chi connectivity index (χ2n) is 5.14. The van der Waals surface area contributed by atoms with Crippen molar-refractivity contribution < 1.29 is 14.3 Å².